The van der Waals surface area contributed by atoms with E-state index < -0.39 is 9.84 Å². The number of hydrogen-bond acceptors (Lipinski definition) is 8. The summed E-state index contributed by atoms with van der Waals surface area (Å²) in [6, 6.07) is 15.1. The largest absolute Gasteiger partial charge is 0.334 e. The molecule has 0 saturated carbocycles. The number of carbonyl (C=O) groups excluding carboxylic acids is 1. The van der Waals surface area contributed by atoms with E-state index in [1.807, 2.05) is 30.3 Å². The van der Waals surface area contributed by atoms with E-state index in [-0.39, 0.29) is 35.0 Å². The summed E-state index contributed by atoms with van der Waals surface area (Å²) < 4.78 is 37.6. The van der Waals surface area contributed by atoms with E-state index in [9.17, 15) is 17.6 Å². The summed E-state index contributed by atoms with van der Waals surface area (Å²) in [4.78, 5) is 14.7. The fourth-order valence-corrected chi connectivity index (χ4v) is 6.79. The van der Waals surface area contributed by atoms with Crippen LogP contribution in [0, 0.1) is 5.82 Å². The second kappa shape index (κ2) is 9.97. The molecule has 0 spiro atoms. The molecule has 1 amide bonds. The van der Waals surface area contributed by atoms with Crippen LogP contribution >= 0.6 is 23.1 Å². The second-order valence-corrected chi connectivity index (χ2v) is 11.8. The zero-order valence-electron chi connectivity index (χ0n) is 17.0. The van der Waals surface area contributed by atoms with Crippen molar-refractivity contribution < 1.29 is 17.6 Å². The standard InChI is InChI=1S/C21H21FN4O3S3/c22-16-6-8-17(9-7-16)23-20-24-25-21(31-20)30-13-19(27)26(12-15-4-2-1-3-5-15)18-10-11-32(28,29)14-18/h1-9,18H,10-14H2,(H,23,24)/t18-/m1/s1. The summed E-state index contributed by atoms with van der Waals surface area (Å²) >= 11 is 2.56. The van der Waals surface area contributed by atoms with E-state index in [1.165, 1.54) is 35.2 Å². The molecule has 7 nitrogen and oxygen atoms in total. The number of benzene rings is 2. The zero-order valence-corrected chi connectivity index (χ0v) is 19.4. The first kappa shape index (κ1) is 22.7. The molecule has 1 aliphatic heterocycles. The van der Waals surface area contributed by atoms with Crippen molar-refractivity contribution in [3.05, 3.63) is 66.0 Å². The van der Waals surface area contributed by atoms with Gasteiger partial charge in [-0.3, -0.25) is 4.79 Å². The highest BCUT2D eigenvalue weighted by molar-refractivity contribution is 8.01. The lowest BCUT2D eigenvalue weighted by atomic mass is 10.1. The smallest absolute Gasteiger partial charge is 0.233 e. The van der Waals surface area contributed by atoms with Gasteiger partial charge in [-0.2, -0.15) is 0 Å². The van der Waals surface area contributed by atoms with Gasteiger partial charge in [0.15, 0.2) is 14.2 Å². The molecule has 32 heavy (non-hydrogen) atoms. The average molecular weight is 493 g/mol. The molecule has 0 bridgehead atoms. The average Bonchev–Trinajstić information content (AvgIpc) is 3.38. The molecule has 0 radical (unpaired) electrons. The number of sulfone groups is 1. The van der Waals surface area contributed by atoms with Crippen molar-refractivity contribution in [2.45, 2.75) is 23.3 Å². The Morgan fingerprint density at radius 3 is 2.59 bits per heavy atom. The number of hydrogen-bond donors (Lipinski definition) is 1. The predicted molar refractivity (Wildman–Crippen MR) is 124 cm³/mol. The molecular weight excluding hydrogens is 471 g/mol. The van der Waals surface area contributed by atoms with Crippen LogP contribution in [0.5, 0.6) is 0 Å². The summed E-state index contributed by atoms with van der Waals surface area (Å²) in [5.74, 6) is -0.213. The summed E-state index contributed by atoms with van der Waals surface area (Å²) in [6.07, 6.45) is 0.454. The van der Waals surface area contributed by atoms with Crippen LogP contribution in [-0.4, -0.2) is 52.7 Å². The van der Waals surface area contributed by atoms with Gasteiger partial charge in [0.2, 0.25) is 11.0 Å². The van der Waals surface area contributed by atoms with Crippen molar-refractivity contribution in [2.24, 2.45) is 0 Å². The molecule has 168 valence electrons. The van der Waals surface area contributed by atoms with Crippen LogP contribution in [0.25, 0.3) is 0 Å². The van der Waals surface area contributed by atoms with E-state index in [0.29, 0.717) is 28.1 Å². The molecule has 0 unspecified atom stereocenters. The summed E-state index contributed by atoms with van der Waals surface area (Å²) in [6.45, 7) is 0.369. The molecular formula is C21H21FN4O3S3. The molecule has 11 heteroatoms. The van der Waals surface area contributed by atoms with Crippen LogP contribution in [0.15, 0.2) is 58.9 Å². The number of nitrogens with zero attached hydrogens (tertiary/aromatic N) is 3. The van der Waals surface area contributed by atoms with E-state index in [4.69, 9.17) is 0 Å². The third-order valence-electron chi connectivity index (χ3n) is 4.99. The highest BCUT2D eigenvalue weighted by atomic mass is 32.2. The molecule has 2 heterocycles. The van der Waals surface area contributed by atoms with Gasteiger partial charge >= 0.3 is 0 Å². The Bertz CT molecular complexity index is 1170. The van der Waals surface area contributed by atoms with E-state index in [0.717, 1.165) is 5.56 Å². The number of thioether (sulfide) groups is 1. The van der Waals surface area contributed by atoms with Crippen molar-refractivity contribution in [2.75, 3.05) is 22.6 Å². The first-order valence-corrected chi connectivity index (χ1v) is 13.5. The lowest BCUT2D eigenvalue weighted by Crippen LogP contribution is -2.41. The van der Waals surface area contributed by atoms with Gasteiger partial charge in [-0.25, -0.2) is 12.8 Å². The number of anilines is 2. The van der Waals surface area contributed by atoms with Gasteiger partial charge in [0.25, 0.3) is 0 Å². The maximum absolute atomic E-state index is 13.1. The maximum atomic E-state index is 13.1. The zero-order chi connectivity index (χ0) is 22.6. The Morgan fingerprint density at radius 1 is 1.16 bits per heavy atom. The van der Waals surface area contributed by atoms with Gasteiger partial charge in [-0.05, 0) is 36.2 Å². The third-order valence-corrected chi connectivity index (χ3v) is 8.69. The van der Waals surface area contributed by atoms with Crippen LogP contribution in [0.2, 0.25) is 0 Å². The van der Waals surface area contributed by atoms with Crippen molar-refractivity contribution >= 4 is 49.7 Å². The lowest BCUT2D eigenvalue weighted by molar-refractivity contribution is -0.130. The van der Waals surface area contributed by atoms with Crippen LogP contribution < -0.4 is 5.32 Å². The maximum Gasteiger partial charge on any atom is 0.233 e. The normalized spacial score (nSPS) is 17.2. The third kappa shape index (κ3) is 6.05. The Kier molecular flexibility index (Phi) is 7.07. The van der Waals surface area contributed by atoms with Gasteiger partial charge in [0.1, 0.15) is 5.82 Å². The predicted octanol–water partition coefficient (Wildman–Crippen LogP) is 3.73. The molecule has 3 aromatic rings. The Hall–Kier alpha value is -2.50. The van der Waals surface area contributed by atoms with E-state index >= 15 is 0 Å². The van der Waals surface area contributed by atoms with Gasteiger partial charge in [-0.15, -0.1) is 10.2 Å². The monoisotopic (exact) mass is 492 g/mol. The minimum absolute atomic E-state index is 0.000780. The van der Waals surface area contributed by atoms with E-state index in [1.54, 1.807) is 17.0 Å². The van der Waals surface area contributed by atoms with E-state index in [2.05, 4.69) is 15.5 Å². The second-order valence-electron chi connectivity index (χ2n) is 7.36. The van der Waals surface area contributed by atoms with Gasteiger partial charge in [0.05, 0.1) is 17.3 Å². The van der Waals surface area contributed by atoms with Crippen molar-refractivity contribution in [3.63, 3.8) is 0 Å². The molecule has 4 rings (SSSR count). The topological polar surface area (TPSA) is 92.3 Å². The van der Waals surface area contributed by atoms with Crippen molar-refractivity contribution in [3.8, 4) is 0 Å². The summed E-state index contributed by atoms with van der Waals surface area (Å²) in [5, 5.41) is 11.7. The van der Waals surface area contributed by atoms with Gasteiger partial charge < -0.3 is 10.2 Å². The first-order valence-electron chi connectivity index (χ1n) is 9.91. The Labute approximate surface area is 194 Å². The number of nitrogens with one attached hydrogen (secondary N) is 1. The molecule has 1 saturated heterocycles. The fourth-order valence-electron chi connectivity index (χ4n) is 3.40. The number of amides is 1. The highest BCUT2D eigenvalue weighted by Gasteiger charge is 2.34. The van der Waals surface area contributed by atoms with Crippen molar-refractivity contribution in [1.29, 1.82) is 0 Å². The Balaban J connectivity index is 1.39. The Morgan fingerprint density at radius 2 is 1.91 bits per heavy atom. The molecule has 1 N–H and O–H groups in total. The first-order chi connectivity index (χ1) is 15.4. The highest BCUT2D eigenvalue weighted by Crippen LogP contribution is 2.29. The lowest BCUT2D eigenvalue weighted by Gasteiger charge is -2.28. The molecule has 1 aromatic heterocycles. The van der Waals surface area contributed by atoms with Crippen LogP contribution in [0.3, 0.4) is 0 Å². The van der Waals surface area contributed by atoms with Crippen LogP contribution in [0.1, 0.15) is 12.0 Å². The summed E-state index contributed by atoms with van der Waals surface area (Å²) in [5.41, 5.74) is 1.64. The molecule has 2 aromatic carbocycles. The quantitative estimate of drug-likeness (QED) is 0.479. The SMILES string of the molecule is O=C(CSc1nnc(Nc2ccc(F)cc2)s1)N(Cc1ccccc1)[C@@H]1CCS(=O)(=O)C1. The fraction of sp³-hybridized carbons (Fsp3) is 0.286. The minimum Gasteiger partial charge on any atom is -0.334 e. The molecule has 1 fully saturated rings. The number of halogens is 1. The van der Waals surface area contributed by atoms with Gasteiger partial charge in [0, 0.05) is 18.3 Å². The van der Waals surface area contributed by atoms with Crippen molar-refractivity contribution in [1.82, 2.24) is 15.1 Å². The molecule has 1 aliphatic rings. The number of aromatic nitrogens is 2. The van der Waals surface area contributed by atoms with Gasteiger partial charge in [-0.1, -0.05) is 53.4 Å². The van der Waals surface area contributed by atoms with Crippen LogP contribution in [0.4, 0.5) is 15.2 Å². The minimum atomic E-state index is -3.12. The molecule has 1 atom stereocenters. The molecule has 0 aliphatic carbocycles. The number of carbonyl (C=O) groups is 1. The number of rotatable bonds is 8. The summed E-state index contributed by atoms with van der Waals surface area (Å²) in [7, 11) is -3.12. The van der Waals surface area contributed by atoms with Crippen LogP contribution in [-0.2, 0) is 21.2 Å².